The molecule has 0 aliphatic carbocycles. The summed E-state index contributed by atoms with van der Waals surface area (Å²) in [5, 5.41) is 21.3. The number of hydrogen-bond donors (Lipinski definition) is 1. The summed E-state index contributed by atoms with van der Waals surface area (Å²) >= 11 is 5.74. The third-order valence-corrected chi connectivity index (χ3v) is 5.16. The van der Waals surface area contributed by atoms with Crippen molar-refractivity contribution in [3.63, 3.8) is 0 Å². The maximum absolute atomic E-state index is 14.0. The number of rotatable bonds is 5. The summed E-state index contributed by atoms with van der Waals surface area (Å²) in [5.74, 6) is -1.96. The average Bonchev–Trinajstić information content (AvgIpc) is 3.04. The van der Waals surface area contributed by atoms with Crippen LogP contribution >= 0.6 is 11.6 Å². The molecule has 0 aliphatic heterocycles. The van der Waals surface area contributed by atoms with Gasteiger partial charge in [0, 0.05) is 22.9 Å². The Morgan fingerprint density at radius 2 is 1.97 bits per heavy atom. The molecule has 4 rings (SSSR count). The molecule has 10 heteroatoms. The zero-order chi connectivity index (χ0) is 22.3. The number of nitrogens with zero attached hydrogens (tertiary/aromatic N) is 4. The summed E-state index contributed by atoms with van der Waals surface area (Å²) in [4.78, 5) is 31.3. The molecule has 156 valence electrons. The summed E-state index contributed by atoms with van der Waals surface area (Å²) in [6, 6.07) is 11.8. The Balaban J connectivity index is 1.94. The number of fused-ring (bicyclic) bond motifs is 1. The third kappa shape index (κ3) is 3.71. The van der Waals surface area contributed by atoms with E-state index in [-0.39, 0.29) is 45.4 Å². The van der Waals surface area contributed by atoms with Gasteiger partial charge in [0.15, 0.2) is 11.5 Å². The van der Waals surface area contributed by atoms with Crippen molar-refractivity contribution in [2.45, 2.75) is 13.5 Å². The van der Waals surface area contributed by atoms with E-state index in [9.17, 15) is 24.4 Å². The second-order valence-electron chi connectivity index (χ2n) is 6.82. The first-order chi connectivity index (χ1) is 14.8. The van der Waals surface area contributed by atoms with E-state index in [1.54, 1.807) is 35.8 Å². The minimum Gasteiger partial charge on any atom is -0.476 e. The molecule has 4 aromatic rings. The van der Waals surface area contributed by atoms with Gasteiger partial charge in [0.25, 0.3) is 5.69 Å². The molecule has 0 saturated heterocycles. The maximum atomic E-state index is 14.0. The van der Waals surface area contributed by atoms with E-state index in [2.05, 4.69) is 9.97 Å². The van der Waals surface area contributed by atoms with Gasteiger partial charge < -0.3 is 9.67 Å². The fraction of sp³-hybridized carbons (Fsp3) is 0.0952. The summed E-state index contributed by atoms with van der Waals surface area (Å²) in [5.41, 5.74) is 1.29. The molecule has 0 aliphatic rings. The van der Waals surface area contributed by atoms with Crippen molar-refractivity contribution in [1.29, 1.82) is 0 Å². The lowest BCUT2D eigenvalue weighted by Gasteiger charge is -2.10. The van der Waals surface area contributed by atoms with Crippen LogP contribution in [0.1, 0.15) is 21.7 Å². The Hall–Kier alpha value is -3.85. The third-order valence-electron chi connectivity index (χ3n) is 4.86. The molecule has 0 atom stereocenters. The molecule has 2 aromatic heterocycles. The Labute approximate surface area is 179 Å². The number of aryl methyl sites for hydroxylation is 1. The van der Waals surface area contributed by atoms with Gasteiger partial charge in [-0.05, 0) is 31.2 Å². The van der Waals surface area contributed by atoms with E-state index < -0.39 is 16.7 Å². The van der Waals surface area contributed by atoms with Gasteiger partial charge in [-0.15, -0.1) is 0 Å². The number of aromatic nitrogens is 3. The Bertz CT molecular complexity index is 1370. The highest BCUT2D eigenvalue weighted by Gasteiger charge is 2.21. The van der Waals surface area contributed by atoms with Crippen LogP contribution in [-0.4, -0.2) is 30.5 Å². The van der Waals surface area contributed by atoms with Crippen LogP contribution in [0.4, 0.5) is 10.1 Å². The van der Waals surface area contributed by atoms with Gasteiger partial charge in [-0.3, -0.25) is 10.1 Å². The molecular weight excluding hydrogens is 427 g/mol. The van der Waals surface area contributed by atoms with Crippen LogP contribution < -0.4 is 0 Å². The fourth-order valence-electron chi connectivity index (χ4n) is 3.37. The van der Waals surface area contributed by atoms with Gasteiger partial charge in [-0.2, -0.15) is 0 Å². The quantitative estimate of drug-likeness (QED) is 0.350. The van der Waals surface area contributed by atoms with Crippen LogP contribution in [0.15, 0.2) is 48.5 Å². The molecule has 0 amide bonds. The van der Waals surface area contributed by atoms with Crippen molar-refractivity contribution < 1.29 is 19.2 Å². The summed E-state index contributed by atoms with van der Waals surface area (Å²) in [6.07, 6.45) is 0. The molecule has 0 bridgehead atoms. The number of aromatic carboxylic acids is 1. The molecule has 2 heterocycles. The zero-order valence-electron chi connectivity index (χ0n) is 16.0. The molecule has 0 fully saturated rings. The van der Waals surface area contributed by atoms with Crippen LogP contribution in [0.3, 0.4) is 0 Å². The van der Waals surface area contributed by atoms with Crippen LogP contribution in [-0.2, 0) is 6.54 Å². The Morgan fingerprint density at radius 1 is 1.23 bits per heavy atom. The van der Waals surface area contributed by atoms with Gasteiger partial charge in [-0.1, -0.05) is 29.8 Å². The lowest BCUT2D eigenvalue weighted by molar-refractivity contribution is -0.385. The highest BCUT2D eigenvalue weighted by Crippen LogP contribution is 2.29. The predicted molar refractivity (Wildman–Crippen MR) is 112 cm³/mol. The highest BCUT2D eigenvalue weighted by molar-refractivity contribution is 6.30. The van der Waals surface area contributed by atoms with Crippen molar-refractivity contribution in [1.82, 2.24) is 14.5 Å². The van der Waals surface area contributed by atoms with Gasteiger partial charge >= 0.3 is 5.97 Å². The highest BCUT2D eigenvalue weighted by atomic mass is 35.5. The maximum Gasteiger partial charge on any atom is 0.355 e. The number of benzene rings is 2. The number of halogens is 2. The van der Waals surface area contributed by atoms with Crippen LogP contribution in [0.2, 0.25) is 5.02 Å². The monoisotopic (exact) mass is 440 g/mol. The number of hydrogen-bond acceptors (Lipinski definition) is 5. The summed E-state index contributed by atoms with van der Waals surface area (Å²) < 4.78 is 15.6. The minimum atomic E-state index is -1.27. The summed E-state index contributed by atoms with van der Waals surface area (Å²) in [7, 11) is 0. The van der Waals surface area contributed by atoms with Crippen LogP contribution in [0.5, 0.6) is 0 Å². The van der Waals surface area contributed by atoms with E-state index in [0.717, 1.165) is 6.07 Å². The lowest BCUT2D eigenvalue weighted by atomic mass is 10.1. The second-order valence-corrected chi connectivity index (χ2v) is 7.23. The Kier molecular flexibility index (Phi) is 5.12. The number of carboxylic acids is 1. The molecule has 8 nitrogen and oxygen atoms in total. The van der Waals surface area contributed by atoms with E-state index in [0.29, 0.717) is 11.3 Å². The first-order valence-electron chi connectivity index (χ1n) is 9.05. The van der Waals surface area contributed by atoms with Crippen LogP contribution in [0, 0.1) is 22.9 Å². The van der Waals surface area contributed by atoms with Gasteiger partial charge in [0.05, 0.1) is 21.9 Å². The standard InChI is InChI=1S/C21H14ClFN4O4/c1-11-8-14-18(21(28)29)24-19(12-6-7-15(22)16(23)9-12)25-20(14)26(11)10-13-4-2-3-5-17(13)27(30)31/h2-9H,10H2,1H3,(H,28,29). The number of nitro benzene ring substituents is 1. The molecule has 0 radical (unpaired) electrons. The largest absolute Gasteiger partial charge is 0.476 e. The molecular formula is C21H14ClFN4O4. The zero-order valence-corrected chi connectivity index (χ0v) is 16.8. The van der Waals surface area contributed by atoms with Crippen molar-refractivity contribution >= 4 is 34.3 Å². The average molecular weight is 441 g/mol. The molecule has 2 aromatic carbocycles. The SMILES string of the molecule is Cc1cc2c(C(=O)O)nc(-c3ccc(Cl)c(F)c3)nc2n1Cc1ccccc1[N+](=O)[O-]. The fourth-order valence-corrected chi connectivity index (χ4v) is 3.49. The van der Waals surface area contributed by atoms with Crippen molar-refractivity contribution in [2.75, 3.05) is 0 Å². The number of para-hydroxylation sites is 1. The second kappa shape index (κ2) is 7.77. The van der Waals surface area contributed by atoms with E-state index >= 15 is 0 Å². The first-order valence-corrected chi connectivity index (χ1v) is 9.43. The molecule has 31 heavy (non-hydrogen) atoms. The molecule has 0 unspecified atom stereocenters. The van der Waals surface area contributed by atoms with Crippen molar-refractivity contribution in [3.8, 4) is 11.4 Å². The topological polar surface area (TPSA) is 111 Å². The minimum absolute atomic E-state index is 0.00220. The van der Waals surface area contributed by atoms with Crippen LogP contribution in [0.25, 0.3) is 22.4 Å². The van der Waals surface area contributed by atoms with Gasteiger partial charge in [-0.25, -0.2) is 19.2 Å². The van der Waals surface area contributed by atoms with E-state index in [4.69, 9.17) is 11.6 Å². The van der Waals surface area contributed by atoms with Gasteiger partial charge in [0.2, 0.25) is 0 Å². The van der Waals surface area contributed by atoms with Gasteiger partial charge in [0.1, 0.15) is 11.5 Å². The number of carboxylic acid groups (broad SMARTS) is 1. The molecule has 0 saturated carbocycles. The first kappa shape index (κ1) is 20.4. The number of nitro groups is 1. The normalized spacial score (nSPS) is 11.1. The predicted octanol–water partition coefficient (Wildman–Crippen LogP) is 4.85. The molecule has 1 N–H and O–H groups in total. The summed E-state index contributed by atoms with van der Waals surface area (Å²) in [6.45, 7) is 1.83. The van der Waals surface area contributed by atoms with E-state index in [1.165, 1.54) is 18.2 Å². The smallest absolute Gasteiger partial charge is 0.355 e. The van der Waals surface area contributed by atoms with Crippen molar-refractivity contribution in [3.05, 3.63) is 86.4 Å². The van der Waals surface area contributed by atoms with E-state index in [1.807, 2.05) is 0 Å². The molecule has 0 spiro atoms. The lowest BCUT2D eigenvalue weighted by Crippen LogP contribution is -2.08. The number of carbonyl (C=O) groups is 1. The van der Waals surface area contributed by atoms with Crippen molar-refractivity contribution in [2.24, 2.45) is 0 Å². The Morgan fingerprint density at radius 3 is 2.65 bits per heavy atom.